The molecule has 0 saturated heterocycles. The van der Waals surface area contributed by atoms with Crippen LogP contribution in [0, 0.1) is 0 Å². The smallest absolute Gasteiger partial charge is 0.0723 e. The van der Waals surface area contributed by atoms with Crippen molar-refractivity contribution in [1.82, 2.24) is 0 Å². The van der Waals surface area contributed by atoms with Crippen LogP contribution in [0.1, 0.15) is 32.1 Å². The molecule has 0 aliphatic heterocycles. The Balaban J connectivity index is 2.37. The molecule has 1 atom stereocenters. The summed E-state index contributed by atoms with van der Waals surface area (Å²) in [5.41, 5.74) is 1.47. The molecule has 0 amide bonds. The number of aliphatic hydroxyl groups is 1. The zero-order chi connectivity index (χ0) is 8.81. The van der Waals surface area contributed by atoms with Gasteiger partial charge in [-0.05, 0) is 37.7 Å². The molecule has 1 nitrogen and oxygen atoms in total. The van der Waals surface area contributed by atoms with Crippen LogP contribution in [0.25, 0.3) is 0 Å². The Labute approximate surface area is 79.2 Å². The number of hydrogen-bond donors (Lipinski definition) is 1. The molecule has 1 aliphatic rings. The summed E-state index contributed by atoms with van der Waals surface area (Å²) in [6, 6.07) is 0. The number of thioether (sulfide) groups is 1. The van der Waals surface area contributed by atoms with E-state index in [-0.39, 0.29) is 6.10 Å². The van der Waals surface area contributed by atoms with Gasteiger partial charge >= 0.3 is 0 Å². The molecule has 0 aromatic rings. The monoisotopic (exact) mass is 186 g/mol. The van der Waals surface area contributed by atoms with Crippen molar-refractivity contribution < 1.29 is 5.11 Å². The quantitative estimate of drug-likeness (QED) is 0.684. The van der Waals surface area contributed by atoms with E-state index < -0.39 is 0 Å². The van der Waals surface area contributed by atoms with E-state index in [1.54, 1.807) is 0 Å². The molecular formula is C10H18OS. The third-order valence-corrected chi connectivity index (χ3v) is 2.92. The van der Waals surface area contributed by atoms with Crippen LogP contribution >= 0.6 is 11.8 Å². The number of aliphatic hydroxyl groups excluding tert-OH is 1. The first-order valence-electron chi connectivity index (χ1n) is 4.69. The summed E-state index contributed by atoms with van der Waals surface area (Å²) in [4.78, 5) is 0. The topological polar surface area (TPSA) is 20.2 Å². The average molecular weight is 186 g/mol. The van der Waals surface area contributed by atoms with Crippen LogP contribution in [0.5, 0.6) is 0 Å². The predicted octanol–water partition coefficient (Wildman–Crippen LogP) is 2.60. The van der Waals surface area contributed by atoms with Gasteiger partial charge in [-0.2, -0.15) is 11.8 Å². The second kappa shape index (κ2) is 5.65. The Hall–Kier alpha value is 0.0500. The molecule has 0 fully saturated rings. The lowest BCUT2D eigenvalue weighted by Crippen LogP contribution is -2.00. The first-order valence-corrected chi connectivity index (χ1v) is 6.09. The highest BCUT2D eigenvalue weighted by atomic mass is 32.2. The van der Waals surface area contributed by atoms with Crippen molar-refractivity contribution in [1.29, 1.82) is 0 Å². The van der Waals surface area contributed by atoms with Crippen molar-refractivity contribution in [3.05, 3.63) is 11.6 Å². The van der Waals surface area contributed by atoms with Crippen molar-refractivity contribution in [3.8, 4) is 0 Å². The maximum absolute atomic E-state index is 9.48. The maximum Gasteiger partial charge on any atom is 0.0723 e. The van der Waals surface area contributed by atoms with Crippen molar-refractivity contribution in [3.63, 3.8) is 0 Å². The fraction of sp³-hybridized carbons (Fsp3) is 0.800. The largest absolute Gasteiger partial charge is 0.389 e. The standard InChI is InChI=1S/C10H18OS/c1-12-7-6-9-4-2-3-5-10(11)8-9/h8,10-11H,2-7H2,1H3. The summed E-state index contributed by atoms with van der Waals surface area (Å²) < 4.78 is 0. The van der Waals surface area contributed by atoms with Crippen LogP contribution < -0.4 is 0 Å². The van der Waals surface area contributed by atoms with Gasteiger partial charge in [0, 0.05) is 0 Å². The van der Waals surface area contributed by atoms with Gasteiger partial charge < -0.3 is 5.11 Å². The molecule has 1 aliphatic carbocycles. The van der Waals surface area contributed by atoms with Crippen LogP contribution in [0.3, 0.4) is 0 Å². The van der Waals surface area contributed by atoms with E-state index in [0.29, 0.717) is 0 Å². The highest BCUT2D eigenvalue weighted by Crippen LogP contribution is 2.20. The van der Waals surface area contributed by atoms with E-state index in [0.717, 1.165) is 12.8 Å². The number of hydrogen-bond acceptors (Lipinski definition) is 2. The normalized spacial score (nSPS) is 24.8. The zero-order valence-electron chi connectivity index (χ0n) is 7.75. The lowest BCUT2D eigenvalue weighted by Gasteiger charge is -2.04. The van der Waals surface area contributed by atoms with Crippen LogP contribution in [0.2, 0.25) is 0 Å². The zero-order valence-corrected chi connectivity index (χ0v) is 8.57. The van der Waals surface area contributed by atoms with Crippen LogP contribution in [0.15, 0.2) is 11.6 Å². The van der Waals surface area contributed by atoms with E-state index in [4.69, 9.17) is 0 Å². The Morgan fingerprint density at radius 3 is 3.17 bits per heavy atom. The van der Waals surface area contributed by atoms with Gasteiger partial charge in [-0.1, -0.05) is 18.1 Å². The minimum absolute atomic E-state index is 0.163. The van der Waals surface area contributed by atoms with Gasteiger partial charge in [-0.15, -0.1) is 0 Å². The predicted molar refractivity (Wildman–Crippen MR) is 55.6 cm³/mol. The maximum atomic E-state index is 9.48. The van der Waals surface area contributed by atoms with Gasteiger partial charge in [-0.25, -0.2) is 0 Å². The molecule has 0 aromatic carbocycles. The Morgan fingerprint density at radius 2 is 2.42 bits per heavy atom. The lowest BCUT2D eigenvalue weighted by atomic mass is 10.1. The molecule has 0 bridgehead atoms. The second-order valence-corrected chi connectivity index (χ2v) is 4.37. The van der Waals surface area contributed by atoms with Gasteiger partial charge in [0.15, 0.2) is 0 Å². The first kappa shape index (κ1) is 10.1. The van der Waals surface area contributed by atoms with E-state index in [1.807, 2.05) is 11.8 Å². The van der Waals surface area contributed by atoms with Crippen LogP contribution in [-0.2, 0) is 0 Å². The fourth-order valence-electron chi connectivity index (χ4n) is 1.59. The molecule has 12 heavy (non-hydrogen) atoms. The van der Waals surface area contributed by atoms with Crippen LogP contribution in [-0.4, -0.2) is 23.2 Å². The van der Waals surface area contributed by atoms with Crippen molar-refractivity contribution >= 4 is 11.8 Å². The summed E-state index contributed by atoms with van der Waals surface area (Å²) >= 11 is 1.88. The molecular weight excluding hydrogens is 168 g/mol. The van der Waals surface area contributed by atoms with E-state index in [2.05, 4.69) is 12.3 Å². The summed E-state index contributed by atoms with van der Waals surface area (Å²) in [5, 5.41) is 9.48. The van der Waals surface area contributed by atoms with E-state index in [9.17, 15) is 5.11 Å². The molecule has 0 spiro atoms. The Kier molecular flexibility index (Phi) is 4.77. The van der Waals surface area contributed by atoms with E-state index >= 15 is 0 Å². The van der Waals surface area contributed by atoms with Crippen molar-refractivity contribution in [2.24, 2.45) is 0 Å². The third kappa shape index (κ3) is 3.63. The molecule has 0 heterocycles. The molecule has 1 N–H and O–H groups in total. The summed E-state index contributed by atoms with van der Waals surface area (Å²) in [7, 11) is 0. The van der Waals surface area contributed by atoms with Gasteiger partial charge in [0.2, 0.25) is 0 Å². The molecule has 0 aromatic heterocycles. The van der Waals surface area contributed by atoms with Gasteiger partial charge in [0.25, 0.3) is 0 Å². The highest BCUT2D eigenvalue weighted by molar-refractivity contribution is 7.98. The molecule has 2 heteroatoms. The van der Waals surface area contributed by atoms with Gasteiger partial charge in [0.1, 0.15) is 0 Å². The first-order chi connectivity index (χ1) is 5.83. The summed E-state index contributed by atoms with van der Waals surface area (Å²) in [6.45, 7) is 0. The van der Waals surface area contributed by atoms with Crippen LogP contribution in [0.4, 0.5) is 0 Å². The molecule has 0 saturated carbocycles. The SMILES string of the molecule is CSCCC1=CC(O)CCCC1. The molecule has 1 rings (SSSR count). The van der Waals surface area contributed by atoms with Crippen molar-refractivity contribution in [2.75, 3.05) is 12.0 Å². The average Bonchev–Trinajstić information content (AvgIpc) is 2.26. The van der Waals surface area contributed by atoms with Gasteiger partial charge in [0.05, 0.1) is 6.10 Å². The minimum atomic E-state index is -0.163. The lowest BCUT2D eigenvalue weighted by molar-refractivity contribution is 0.211. The highest BCUT2D eigenvalue weighted by Gasteiger charge is 2.08. The number of allylic oxidation sites excluding steroid dienone is 1. The van der Waals surface area contributed by atoms with E-state index in [1.165, 1.54) is 30.6 Å². The minimum Gasteiger partial charge on any atom is -0.389 e. The molecule has 0 radical (unpaired) electrons. The molecule has 1 unspecified atom stereocenters. The number of rotatable bonds is 3. The third-order valence-electron chi connectivity index (χ3n) is 2.30. The van der Waals surface area contributed by atoms with Crippen molar-refractivity contribution in [2.45, 2.75) is 38.2 Å². The summed E-state index contributed by atoms with van der Waals surface area (Å²) in [5.74, 6) is 1.19. The Bertz CT molecular complexity index is 154. The fourth-order valence-corrected chi connectivity index (χ4v) is 2.05. The Morgan fingerprint density at radius 1 is 1.58 bits per heavy atom. The molecule has 70 valence electrons. The van der Waals surface area contributed by atoms with Gasteiger partial charge in [-0.3, -0.25) is 0 Å². The second-order valence-electron chi connectivity index (χ2n) is 3.38. The summed E-state index contributed by atoms with van der Waals surface area (Å²) in [6.07, 6.45) is 9.82.